The van der Waals surface area contributed by atoms with Crippen molar-refractivity contribution in [3.05, 3.63) is 54.1 Å². The molecule has 0 amide bonds. The van der Waals surface area contributed by atoms with Crippen LogP contribution in [0.4, 0.5) is 0 Å². The first-order chi connectivity index (χ1) is 12.2. The lowest BCUT2D eigenvalue weighted by Crippen LogP contribution is -2.35. The smallest absolute Gasteiger partial charge is 0.247 e. The van der Waals surface area contributed by atoms with Crippen molar-refractivity contribution in [3.63, 3.8) is 0 Å². The lowest BCUT2D eigenvalue weighted by Gasteiger charge is -2.23. The van der Waals surface area contributed by atoms with Gasteiger partial charge in [0.15, 0.2) is 9.84 Å². The van der Waals surface area contributed by atoms with Crippen LogP contribution in [0.15, 0.2) is 58.3 Å². The summed E-state index contributed by atoms with van der Waals surface area (Å²) in [5.74, 6) is 0.0764. The predicted octanol–water partition coefficient (Wildman–Crippen LogP) is 1.67. The fourth-order valence-corrected chi connectivity index (χ4v) is 4.79. The topological polar surface area (TPSA) is 107 Å². The lowest BCUT2D eigenvalue weighted by atomic mass is 10.2. The first kappa shape index (κ1) is 23.4. The Morgan fingerprint density at radius 2 is 1.67 bits per heavy atom. The molecule has 27 heavy (non-hydrogen) atoms. The van der Waals surface area contributed by atoms with Crippen LogP contribution in [-0.2, 0) is 26.4 Å². The summed E-state index contributed by atoms with van der Waals surface area (Å²) < 4.78 is 56.4. The van der Waals surface area contributed by atoms with Crippen LogP contribution < -0.4 is 10.5 Å². The van der Waals surface area contributed by atoms with E-state index in [-0.39, 0.29) is 47.6 Å². The third kappa shape index (κ3) is 5.66. The average molecular weight is 435 g/mol. The molecule has 0 bridgehead atoms. The molecule has 7 nitrogen and oxygen atoms in total. The number of ether oxygens (including phenoxy) is 1. The van der Waals surface area contributed by atoms with Crippen molar-refractivity contribution in [1.29, 1.82) is 0 Å². The monoisotopic (exact) mass is 434 g/mol. The van der Waals surface area contributed by atoms with Gasteiger partial charge in [-0.1, -0.05) is 30.3 Å². The Morgan fingerprint density at radius 1 is 1.04 bits per heavy atom. The standard InChI is InChI=1S/C17H22N2O5S2.ClH/c1-24-16-9-8-15(25(2,20)21)12-17(16)26(22,23)19(11-10-18)13-14-6-4-3-5-7-14;/h3-9,12H,10-11,13,18H2,1-2H3;1H. The summed E-state index contributed by atoms with van der Waals surface area (Å²) in [6.07, 6.45) is 1.02. The summed E-state index contributed by atoms with van der Waals surface area (Å²) >= 11 is 0. The zero-order valence-corrected chi connectivity index (χ0v) is 17.5. The summed E-state index contributed by atoms with van der Waals surface area (Å²) in [6, 6.07) is 12.9. The maximum absolute atomic E-state index is 13.2. The van der Waals surface area contributed by atoms with Gasteiger partial charge in [-0.25, -0.2) is 16.8 Å². The molecular weight excluding hydrogens is 412 g/mol. The van der Waals surface area contributed by atoms with Crippen LogP contribution in [0.5, 0.6) is 5.75 Å². The van der Waals surface area contributed by atoms with Gasteiger partial charge in [-0.15, -0.1) is 12.4 Å². The third-order valence-electron chi connectivity index (χ3n) is 3.76. The van der Waals surface area contributed by atoms with Crippen molar-refractivity contribution >= 4 is 32.3 Å². The highest BCUT2D eigenvalue weighted by molar-refractivity contribution is 7.91. The largest absolute Gasteiger partial charge is 0.495 e. The van der Waals surface area contributed by atoms with Crippen molar-refractivity contribution in [1.82, 2.24) is 4.31 Å². The molecule has 0 saturated heterocycles. The van der Waals surface area contributed by atoms with E-state index in [1.807, 2.05) is 30.3 Å². The molecule has 0 spiro atoms. The molecule has 0 saturated carbocycles. The minimum Gasteiger partial charge on any atom is -0.495 e. The van der Waals surface area contributed by atoms with Crippen LogP contribution in [0.1, 0.15) is 5.56 Å². The van der Waals surface area contributed by atoms with Gasteiger partial charge in [0.05, 0.1) is 12.0 Å². The average Bonchev–Trinajstić information content (AvgIpc) is 2.61. The van der Waals surface area contributed by atoms with E-state index >= 15 is 0 Å². The van der Waals surface area contributed by atoms with E-state index in [1.165, 1.54) is 23.5 Å². The number of sulfone groups is 1. The number of hydrogen-bond acceptors (Lipinski definition) is 6. The maximum atomic E-state index is 13.2. The van der Waals surface area contributed by atoms with E-state index in [0.29, 0.717) is 0 Å². The number of nitrogens with two attached hydrogens (primary N) is 1. The Labute approximate surface area is 166 Å². The second kappa shape index (κ2) is 9.52. The van der Waals surface area contributed by atoms with Crippen LogP contribution in [0, 0.1) is 0 Å². The predicted molar refractivity (Wildman–Crippen MR) is 106 cm³/mol. The molecule has 0 radical (unpaired) electrons. The zero-order chi connectivity index (χ0) is 19.4. The van der Waals surface area contributed by atoms with E-state index in [9.17, 15) is 16.8 Å². The van der Waals surface area contributed by atoms with Gasteiger partial charge in [0, 0.05) is 25.9 Å². The molecule has 0 aliphatic carbocycles. The normalized spacial score (nSPS) is 11.9. The van der Waals surface area contributed by atoms with Crippen molar-refractivity contribution in [2.24, 2.45) is 5.73 Å². The molecule has 0 aliphatic heterocycles. The van der Waals surface area contributed by atoms with E-state index in [2.05, 4.69) is 0 Å². The van der Waals surface area contributed by atoms with Crippen LogP contribution in [0.2, 0.25) is 0 Å². The third-order valence-corrected chi connectivity index (χ3v) is 6.74. The van der Waals surface area contributed by atoms with Gasteiger partial charge in [-0.3, -0.25) is 0 Å². The number of methoxy groups -OCH3 is 1. The van der Waals surface area contributed by atoms with Crippen LogP contribution >= 0.6 is 12.4 Å². The van der Waals surface area contributed by atoms with Gasteiger partial charge in [-0.05, 0) is 23.8 Å². The first-order valence-corrected chi connectivity index (χ1v) is 11.2. The molecule has 150 valence electrons. The number of nitrogens with zero attached hydrogens (tertiary/aromatic N) is 1. The Bertz CT molecular complexity index is 964. The highest BCUT2D eigenvalue weighted by Crippen LogP contribution is 2.30. The first-order valence-electron chi connectivity index (χ1n) is 7.82. The van der Waals surface area contributed by atoms with E-state index in [1.54, 1.807) is 0 Å². The maximum Gasteiger partial charge on any atom is 0.247 e. The molecule has 0 aromatic heterocycles. The summed E-state index contributed by atoms with van der Waals surface area (Å²) in [5.41, 5.74) is 6.39. The fourth-order valence-electron chi connectivity index (χ4n) is 2.44. The Hall–Kier alpha value is -1.65. The van der Waals surface area contributed by atoms with Crippen molar-refractivity contribution < 1.29 is 21.6 Å². The molecule has 2 aromatic rings. The molecule has 0 aliphatic rings. The van der Waals surface area contributed by atoms with E-state index in [0.717, 1.165) is 17.9 Å². The van der Waals surface area contributed by atoms with Gasteiger partial charge in [-0.2, -0.15) is 4.31 Å². The van der Waals surface area contributed by atoms with Gasteiger partial charge >= 0.3 is 0 Å². The SMILES string of the molecule is COc1ccc(S(C)(=O)=O)cc1S(=O)(=O)N(CCN)Cc1ccccc1.Cl. The lowest BCUT2D eigenvalue weighted by molar-refractivity contribution is 0.388. The molecule has 2 N–H and O–H groups in total. The Balaban J connectivity index is 0.00000364. The summed E-state index contributed by atoms with van der Waals surface area (Å²) in [7, 11) is -6.26. The molecule has 0 unspecified atom stereocenters. The van der Waals surface area contributed by atoms with Crippen molar-refractivity contribution in [3.8, 4) is 5.75 Å². The number of halogens is 1. The molecule has 10 heteroatoms. The van der Waals surface area contributed by atoms with E-state index in [4.69, 9.17) is 10.5 Å². The fraction of sp³-hybridized carbons (Fsp3) is 0.294. The number of sulfonamides is 1. The van der Waals surface area contributed by atoms with E-state index < -0.39 is 19.9 Å². The molecule has 2 aromatic carbocycles. The number of hydrogen-bond donors (Lipinski definition) is 1. The number of benzene rings is 2. The van der Waals surface area contributed by atoms with Crippen molar-refractivity contribution in [2.75, 3.05) is 26.5 Å². The number of rotatable bonds is 8. The van der Waals surface area contributed by atoms with Gasteiger partial charge in [0.1, 0.15) is 10.6 Å². The molecular formula is C17H23ClN2O5S2. The Morgan fingerprint density at radius 3 is 2.19 bits per heavy atom. The van der Waals surface area contributed by atoms with Crippen LogP contribution in [0.25, 0.3) is 0 Å². The van der Waals surface area contributed by atoms with Gasteiger partial charge in [0.2, 0.25) is 10.0 Å². The second-order valence-corrected chi connectivity index (χ2v) is 9.62. The highest BCUT2D eigenvalue weighted by atomic mass is 35.5. The zero-order valence-electron chi connectivity index (χ0n) is 15.0. The molecule has 2 rings (SSSR count). The second-order valence-electron chi connectivity index (χ2n) is 5.70. The molecule has 0 fully saturated rings. The van der Waals surface area contributed by atoms with Gasteiger partial charge in [0.25, 0.3) is 0 Å². The van der Waals surface area contributed by atoms with Crippen LogP contribution in [0.3, 0.4) is 0 Å². The van der Waals surface area contributed by atoms with Gasteiger partial charge < -0.3 is 10.5 Å². The summed E-state index contributed by atoms with van der Waals surface area (Å²) in [5, 5.41) is 0. The summed E-state index contributed by atoms with van der Waals surface area (Å²) in [4.78, 5) is -0.295. The van der Waals surface area contributed by atoms with Crippen LogP contribution in [-0.4, -0.2) is 47.6 Å². The Kier molecular flexibility index (Phi) is 8.24. The highest BCUT2D eigenvalue weighted by Gasteiger charge is 2.29. The minimum absolute atomic E-state index is 0. The van der Waals surface area contributed by atoms with Crippen molar-refractivity contribution in [2.45, 2.75) is 16.3 Å². The quantitative estimate of drug-likeness (QED) is 0.677. The minimum atomic E-state index is -4.02. The summed E-state index contributed by atoms with van der Waals surface area (Å²) in [6.45, 7) is 0.330. The molecule has 0 atom stereocenters. The molecule has 0 heterocycles.